The third kappa shape index (κ3) is 4.05. The highest BCUT2D eigenvalue weighted by molar-refractivity contribution is 5.79. The monoisotopic (exact) mass is 379 g/mol. The fraction of sp³-hybridized carbons (Fsp3) is 0.400. The van der Waals surface area contributed by atoms with Gasteiger partial charge in [0.15, 0.2) is 5.82 Å². The summed E-state index contributed by atoms with van der Waals surface area (Å²) in [6.45, 7) is 4.88. The summed E-state index contributed by atoms with van der Waals surface area (Å²) in [6, 6.07) is 11.8. The molecule has 3 heterocycles. The van der Waals surface area contributed by atoms with Gasteiger partial charge >= 0.3 is 0 Å². The highest BCUT2D eigenvalue weighted by atomic mass is 16.1. The van der Waals surface area contributed by atoms with Gasteiger partial charge in [-0.1, -0.05) is 12.1 Å². The second-order valence-corrected chi connectivity index (χ2v) is 6.99. The van der Waals surface area contributed by atoms with Crippen LogP contribution in [0.25, 0.3) is 11.0 Å². The van der Waals surface area contributed by atoms with Crippen molar-refractivity contribution in [3.63, 3.8) is 0 Å². The lowest BCUT2D eigenvalue weighted by molar-refractivity contribution is -0.125. The summed E-state index contributed by atoms with van der Waals surface area (Å²) in [5, 5.41) is 14.6. The van der Waals surface area contributed by atoms with Crippen molar-refractivity contribution in [2.24, 2.45) is 5.92 Å². The molecular weight excluding hydrogens is 354 g/mol. The van der Waals surface area contributed by atoms with Gasteiger partial charge in [0.05, 0.1) is 17.6 Å². The summed E-state index contributed by atoms with van der Waals surface area (Å²) < 4.78 is 0. The first-order valence-corrected chi connectivity index (χ1v) is 9.77. The number of amides is 1. The highest BCUT2D eigenvalue weighted by Crippen LogP contribution is 2.22. The van der Waals surface area contributed by atoms with Gasteiger partial charge in [0.1, 0.15) is 11.6 Å². The van der Waals surface area contributed by atoms with E-state index < -0.39 is 0 Å². The zero-order chi connectivity index (χ0) is 19.3. The number of rotatable bonds is 6. The number of hydrogen-bond acceptors (Lipinski definition) is 6. The average Bonchev–Trinajstić information content (AvgIpc) is 3.16. The van der Waals surface area contributed by atoms with E-state index in [1.165, 1.54) is 0 Å². The van der Waals surface area contributed by atoms with E-state index in [4.69, 9.17) is 0 Å². The largest absolute Gasteiger partial charge is 0.369 e. The molecule has 1 saturated heterocycles. The van der Waals surface area contributed by atoms with Crippen LogP contribution in [-0.4, -0.2) is 45.7 Å². The Morgan fingerprint density at radius 1 is 1.18 bits per heavy atom. The van der Waals surface area contributed by atoms with Crippen LogP contribution in [0.3, 0.4) is 0 Å². The third-order valence-electron chi connectivity index (χ3n) is 5.07. The normalized spacial score (nSPS) is 15.0. The Kier molecular flexibility index (Phi) is 5.36. The van der Waals surface area contributed by atoms with Crippen molar-refractivity contribution in [2.45, 2.75) is 26.3 Å². The number of hydrogen-bond donors (Lipinski definition) is 3. The molecule has 0 unspecified atom stereocenters. The van der Waals surface area contributed by atoms with Gasteiger partial charge in [-0.2, -0.15) is 0 Å². The number of aromatic amines is 1. The minimum absolute atomic E-state index is 0.0228. The Morgan fingerprint density at radius 2 is 2.00 bits per heavy atom. The van der Waals surface area contributed by atoms with E-state index in [2.05, 4.69) is 35.7 Å². The predicted octanol–water partition coefficient (Wildman–Crippen LogP) is 2.32. The molecule has 0 spiro atoms. The molecule has 1 aliphatic heterocycles. The Morgan fingerprint density at radius 3 is 2.71 bits per heavy atom. The first kappa shape index (κ1) is 18.2. The topological polar surface area (TPSA) is 98.8 Å². The maximum absolute atomic E-state index is 12.5. The van der Waals surface area contributed by atoms with Gasteiger partial charge in [-0.15, -0.1) is 10.2 Å². The van der Waals surface area contributed by atoms with Gasteiger partial charge in [0, 0.05) is 25.6 Å². The second kappa shape index (κ2) is 8.24. The van der Waals surface area contributed by atoms with E-state index >= 15 is 0 Å². The van der Waals surface area contributed by atoms with Crippen molar-refractivity contribution in [3.8, 4) is 0 Å². The summed E-state index contributed by atoms with van der Waals surface area (Å²) in [5.41, 5.74) is 1.91. The minimum Gasteiger partial charge on any atom is -0.369 e. The van der Waals surface area contributed by atoms with Crippen LogP contribution in [0.4, 0.5) is 11.6 Å². The number of imidazole rings is 1. The summed E-state index contributed by atoms with van der Waals surface area (Å²) in [4.78, 5) is 22.5. The van der Waals surface area contributed by atoms with Crippen LogP contribution < -0.4 is 15.5 Å². The fourth-order valence-corrected chi connectivity index (χ4v) is 3.54. The Labute approximate surface area is 163 Å². The molecule has 0 aliphatic carbocycles. The van der Waals surface area contributed by atoms with Crippen molar-refractivity contribution in [1.82, 2.24) is 25.5 Å². The van der Waals surface area contributed by atoms with Crippen LogP contribution in [0.2, 0.25) is 0 Å². The summed E-state index contributed by atoms with van der Waals surface area (Å²) in [7, 11) is 0. The lowest BCUT2D eigenvalue weighted by atomic mass is 9.96. The molecule has 1 aliphatic rings. The van der Waals surface area contributed by atoms with E-state index in [0.717, 1.165) is 61.0 Å². The minimum atomic E-state index is 0.0228. The van der Waals surface area contributed by atoms with E-state index in [1.807, 2.05) is 43.3 Å². The first-order chi connectivity index (χ1) is 13.7. The molecule has 0 bridgehead atoms. The molecule has 146 valence electrons. The van der Waals surface area contributed by atoms with Crippen LogP contribution in [-0.2, 0) is 11.3 Å². The molecule has 3 aromatic rings. The van der Waals surface area contributed by atoms with Gasteiger partial charge in [-0.05, 0) is 44.0 Å². The molecule has 1 aromatic carbocycles. The standard InChI is InChI=1S/C20H25N7O/c1-2-21-17-7-8-19(26-25-17)27-11-9-14(10-12-27)20(28)22-13-18-23-15-5-3-4-6-16(15)24-18/h3-8,14H,2,9-13H2,1H3,(H,21,25)(H,22,28)(H,23,24). The van der Waals surface area contributed by atoms with Crippen molar-refractivity contribution >= 4 is 28.6 Å². The van der Waals surface area contributed by atoms with E-state index in [9.17, 15) is 4.79 Å². The molecule has 1 fully saturated rings. The molecule has 3 N–H and O–H groups in total. The number of aromatic nitrogens is 4. The van der Waals surface area contributed by atoms with Crippen LogP contribution in [0.1, 0.15) is 25.6 Å². The lowest BCUT2D eigenvalue weighted by Crippen LogP contribution is -2.40. The van der Waals surface area contributed by atoms with E-state index in [-0.39, 0.29) is 11.8 Å². The van der Waals surface area contributed by atoms with Gasteiger partial charge in [0.2, 0.25) is 5.91 Å². The molecule has 0 radical (unpaired) electrons. The number of carbonyl (C=O) groups excluding carboxylic acids is 1. The maximum atomic E-state index is 12.5. The molecule has 28 heavy (non-hydrogen) atoms. The number of fused-ring (bicyclic) bond motifs is 1. The number of carbonyl (C=O) groups is 1. The lowest BCUT2D eigenvalue weighted by Gasteiger charge is -2.31. The first-order valence-electron chi connectivity index (χ1n) is 9.77. The molecule has 8 heteroatoms. The van der Waals surface area contributed by atoms with Crippen molar-refractivity contribution in [1.29, 1.82) is 0 Å². The van der Waals surface area contributed by atoms with Gasteiger partial charge in [0.25, 0.3) is 0 Å². The molecule has 0 atom stereocenters. The smallest absolute Gasteiger partial charge is 0.223 e. The summed E-state index contributed by atoms with van der Waals surface area (Å²) >= 11 is 0. The molecule has 4 rings (SSSR count). The molecule has 8 nitrogen and oxygen atoms in total. The average molecular weight is 379 g/mol. The summed E-state index contributed by atoms with van der Waals surface area (Å²) in [6.07, 6.45) is 1.62. The maximum Gasteiger partial charge on any atom is 0.223 e. The molecule has 0 saturated carbocycles. The zero-order valence-electron chi connectivity index (χ0n) is 16.0. The molecule has 1 amide bonds. The number of para-hydroxylation sites is 2. The molecular formula is C20H25N7O. The molecule has 2 aromatic heterocycles. The fourth-order valence-electron chi connectivity index (χ4n) is 3.54. The van der Waals surface area contributed by atoms with Crippen molar-refractivity contribution in [2.75, 3.05) is 29.9 Å². The van der Waals surface area contributed by atoms with Crippen LogP contribution >= 0.6 is 0 Å². The number of nitrogens with one attached hydrogen (secondary N) is 3. The summed E-state index contributed by atoms with van der Waals surface area (Å²) in [5.74, 6) is 2.54. The predicted molar refractivity (Wildman–Crippen MR) is 109 cm³/mol. The number of benzene rings is 1. The third-order valence-corrected chi connectivity index (χ3v) is 5.07. The van der Waals surface area contributed by atoms with E-state index in [0.29, 0.717) is 6.54 Å². The van der Waals surface area contributed by atoms with Crippen LogP contribution in [0.5, 0.6) is 0 Å². The van der Waals surface area contributed by atoms with Crippen molar-refractivity contribution in [3.05, 3.63) is 42.2 Å². The van der Waals surface area contributed by atoms with Gasteiger partial charge in [-0.25, -0.2) is 4.98 Å². The SMILES string of the molecule is CCNc1ccc(N2CCC(C(=O)NCc3nc4ccccc4[nH]3)CC2)nn1. The van der Waals surface area contributed by atoms with E-state index in [1.54, 1.807) is 0 Å². The van der Waals surface area contributed by atoms with Crippen LogP contribution in [0, 0.1) is 5.92 Å². The number of anilines is 2. The van der Waals surface area contributed by atoms with Crippen LogP contribution in [0.15, 0.2) is 36.4 Å². The highest BCUT2D eigenvalue weighted by Gasteiger charge is 2.25. The number of nitrogens with zero attached hydrogens (tertiary/aromatic N) is 4. The van der Waals surface area contributed by atoms with Gasteiger partial charge in [-0.3, -0.25) is 4.79 Å². The Hall–Kier alpha value is -3.16. The Balaban J connectivity index is 1.27. The van der Waals surface area contributed by atoms with Crippen molar-refractivity contribution < 1.29 is 4.79 Å². The second-order valence-electron chi connectivity index (χ2n) is 6.99. The number of piperidine rings is 1. The van der Waals surface area contributed by atoms with Gasteiger partial charge < -0.3 is 20.5 Å². The zero-order valence-corrected chi connectivity index (χ0v) is 16.0. The number of H-pyrrole nitrogens is 1. The quantitative estimate of drug-likeness (QED) is 0.608. The Bertz CT molecular complexity index is 896.